The summed E-state index contributed by atoms with van der Waals surface area (Å²) in [5.74, 6) is 1.06. The summed E-state index contributed by atoms with van der Waals surface area (Å²) in [6, 6.07) is 10.8. The number of aromatic amines is 1. The molecule has 2 aromatic rings. The van der Waals surface area contributed by atoms with Gasteiger partial charge in [0.1, 0.15) is 5.82 Å². The number of hydrogen-bond acceptors (Lipinski definition) is 2. The summed E-state index contributed by atoms with van der Waals surface area (Å²) in [5, 5.41) is 4.67. The molecular formula is C13H18N2O. The summed E-state index contributed by atoms with van der Waals surface area (Å²) in [4.78, 5) is 3.35. The van der Waals surface area contributed by atoms with Crippen LogP contribution >= 0.6 is 0 Å². The lowest BCUT2D eigenvalue weighted by molar-refractivity contribution is 0.184. The molecule has 0 saturated carbocycles. The van der Waals surface area contributed by atoms with E-state index in [1.807, 2.05) is 12.1 Å². The maximum Gasteiger partial charge on any atom is 0.104 e. The highest BCUT2D eigenvalue weighted by atomic mass is 16.5. The highest BCUT2D eigenvalue weighted by Crippen LogP contribution is 2.19. The zero-order valence-electron chi connectivity index (χ0n) is 9.79. The third kappa shape index (κ3) is 2.36. The van der Waals surface area contributed by atoms with Gasteiger partial charge in [0.2, 0.25) is 0 Å². The quantitative estimate of drug-likeness (QED) is 0.809. The van der Waals surface area contributed by atoms with Gasteiger partial charge in [-0.1, -0.05) is 25.1 Å². The van der Waals surface area contributed by atoms with E-state index < -0.39 is 0 Å². The maximum absolute atomic E-state index is 5.16. The average molecular weight is 218 g/mol. The third-order valence-electron chi connectivity index (χ3n) is 2.75. The Bertz CT molecular complexity index is 417. The zero-order valence-corrected chi connectivity index (χ0v) is 9.79. The lowest BCUT2D eigenvalue weighted by Crippen LogP contribution is -2.23. The molecule has 0 bridgehead atoms. The van der Waals surface area contributed by atoms with Gasteiger partial charge in [0.15, 0.2) is 0 Å². The molecule has 0 aliphatic heterocycles. The first kappa shape index (κ1) is 11.0. The van der Waals surface area contributed by atoms with E-state index in [1.165, 1.54) is 5.39 Å². The molecule has 1 atom stereocenters. The van der Waals surface area contributed by atoms with Crippen molar-refractivity contribution in [2.24, 2.45) is 0 Å². The van der Waals surface area contributed by atoms with E-state index in [9.17, 15) is 0 Å². The van der Waals surface area contributed by atoms with Crippen LogP contribution in [0.4, 0.5) is 5.82 Å². The minimum absolute atomic E-state index is 0.359. The second-order valence-electron chi connectivity index (χ2n) is 3.98. The number of hydrogen-bond donors (Lipinski definition) is 2. The standard InChI is InChI=1S/C13H18N2O/c1-3-11(9-16-2)14-13-8-10-6-4-5-7-12(10)15-13/h4-8,11,14-15H,3,9H2,1-2H3. The number of benzene rings is 1. The van der Waals surface area contributed by atoms with Gasteiger partial charge in [-0.3, -0.25) is 0 Å². The molecule has 1 heterocycles. The molecule has 0 amide bonds. The van der Waals surface area contributed by atoms with Crippen molar-refractivity contribution in [1.29, 1.82) is 0 Å². The molecule has 2 N–H and O–H groups in total. The number of anilines is 1. The van der Waals surface area contributed by atoms with Crippen LogP contribution in [-0.4, -0.2) is 24.7 Å². The fourth-order valence-electron chi connectivity index (χ4n) is 1.83. The largest absolute Gasteiger partial charge is 0.383 e. The van der Waals surface area contributed by atoms with Gasteiger partial charge in [-0.25, -0.2) is 0 Å². The summed E-state index contributed by atoms with van der Waals surface area (Å²) in [6.45, 7) is 2.88. The average Bonchev–Trinajstić information content (AvgIpc) is 2.70. The van der Waals surface area contributed by atoms with Crippen molar-refractivity contribution < 1.29 is 4.74 Å². The van der Waals surface area contributed by atoms with Crippen LogP contribution in [0.1, 0.15) is 13.3 Å². The van der Waals surface area contributed by atoms with Crippen molar-refractivity contribution >= 4 is 16.7 Å². The van der Waals surface area contributed by atoms with Crippen LogP contribution in [0.15, 0.2) is 30.3 Å². The van der Waals surface area contributed by atoms with Crippen LogP contribution in [0.2, 0.25) is 0 Å². The van der Waals surface area contributed by atoms with Gasteiger partial charge in [-0.05, 0) is 18.6 Å². The summed E-state index contributed by atoms with van der Waals surface area (Å²) in [7, 11) is 1.73. The van der Waals surface area contributed by atoms with Crippen molar-refractivity contribution in [3.63, 3.8) is 0 Å². The predicted octanol–water partition coefficient (Wildman–Crippen LogP) is 3.00. The monoisotopic (exact) mass is 218 g/mol. The Labute approximate surface area is 95.8 Å². The molecule has 1 aromatic heterocycles. The first-order chi connectivity index (χ1) is 7.83. The number of ether oxygens (including phenoxy) is 1. The molecule has 1 unspecified atom stereocenters. The van der Waals surface area contributed by atoms with Crippen molar-refractivity contribution in [3.05, 3.63) is 30.3 Å². The Morgan fingerprint density at radius 1 is 1.38 bits per heavy atom. The summed E-state index contributed by atoms with van der Waals surface area (Å²) in [6.07, 6.45) is 1.04. The van der Waals surface area contributed by atoms with E-state index >= 15 is 0 Å². The molecular weight excluding hydrogens is 200 g/mol. The second kappa shape index (κ2) is 5.03. The van der Waals surface area contributed by atoms with Crippen molar-refractivity contribution in [1.82, 2.24) is 4.98 Å². The normalized spacial score (nSPS) is 12.9. The zero-order chi connectivity index (χ0) is 11.4. The van der Waals surface area contributed by atoms with Gasteiger partial charge in [0, 0.05) is 18.0 Å². The minimum Gasteiger partial charge on any atom is -0.383 e. The van der Waals surface area contributed by atoms with Gasteiger partial charge in [0.25, 0.3) is 0 Å². The maximum atomic E-state index is 5.16. The van der Waals surface area contributed by atoms with E-state index in [0.29, 0.717) is 6.04 Å². The molecule has 3 heteroatoms. The number of aromatic nitrogens is 1. The first-order valence-electron chi connectivity index (χ1n) is 5.66. The number of H-pyrrole nitrogens is 1. The highest BCUT2D eigenvalue weighted by molar-refractivity contribution is 5.83. The lowest BCUT2D eigenvalue weighted by atomic mass is 10.2. The molecule has 0 saturated heterocycles. The molecule has 0 spiro atoms. The lowest BCUT2D eigenvalue weighted by Gasteiger charge is -2.15. The Hall–Kier alpha value is -1.48. The second-order valence-corrected chi connectivity index (χ2v) is 3.98. The van der Waals surface area contributed by atoms with E-state index in [2.05, 4.69) is 35.4 Å². The van der Waals surface area contributed by atoms with Crippen molar-refractivity contribution in [3.8, 4) is 0 Å². The number of para-hydroxylation sites is 1. The molecule has 0 aliphatic carbocycles. The van der Waals surface area contributed by atoms with Crippen LogP contribution in [0.3, 0.4) is 0 Å². The number of nitrogens with one attached hydrogen (secondary N) is 2. The molecule has 2 rings (SSSR count). The molecule has 1 aromatic carbocycles. The minimum atomic E-state index is 0.359. The number of methoxy groups -OCH3 is 1. The molecule has 0 aliphatic rings. The van der Waals surface area contributed by atoms with E-state index in [1.54, 1.807) is 7.11 Å². The smallest absolute Gasteiger partial charge is 0.104 e. The van der Waals surface area contributed by atoms with Crippen LogP contribution in [0.5, 0.6) is 0 Å². The first-order valence-corrected chi connectivity index (χ1v) is 5.66. The van der Waals surface area contributed by atoms with Crippen LogP contribution < -0.4 is 5.32 Å². The fourth-order valence-corrected chi connectivity index (χ4v) is 1.83. The third-order valence-corrected chi connectivity index (χ3v) is 2.75. The van der Waals surface area contributed by atoms with Gasteiger partial charge >= 0.3 is 0 Å². The molecule has 0 fully saturated rings. The topological polar surface area (TPSA) is 37.0 Å². The van der Waals surface area contributed by atoms with Gasteiger partial charge in [-0.15, -0.1) is 0 Å². The highest BCUT2D eigenvalue weighted by Gasteiger charge is 2.07. The molecule has 86 valence electrons. The van der Waals surface area contributed by atoms with Crippen LogP contribution in [0.25, 0.3) is 10.9 Å². The Morgan fingerprint density at radius 2 is 2.19 bits per heavy atom. The molecule has 0 radical (unpaired) electrons. The van der Waals surface area contributed by atoms with Gasteiger partial charge in [0.05, 0.1) is 12.6 Å². The number of fused-ring (bicyclic) bond motifs is 1. The molecule has 16 heavy (non-hydrogen) atoms. The SMILES string of the molecule is CCC(COC)Nc1cc2ccccc2[nH]1. The Kier molecular flexibility index (Phi) is 3.47. The Balaban J connectivity index is 2.14. The van der Waals surface area contributed by atoms with Gasteiger partial charge in [-0.2, -0.15) is 0 Å². The predicted molar refractivity (Wildman–Crippen MR) is 67.9 cm³/mol. The van der Waals surface area contributed by atoms with Crippen molar-refractivity contribution in [2.45, 2.75) is 19.4 Å². The molecule has 3 nitrogen and oxygen atoms in total. The van der Waals surface area contributed by atoms with E-state index in [4.69, 9.17) is 4.74 Å². The number of rotatable bonds is 5. The summed E-state index contributed by atoms with van der Waals surface area (Å²) in [5.41, 5.74) is 1.16. The van der Waals surface area contributed by atoms with Gasteiger partial charge < -0.3 is 15.0 Å². The van der Waals surface area contributed by atoms with E-state index in [0.717, 1.165) is 24.4 Å². The van der Waals surface area contributed by atoms with E-state index in [-0.39, 0.29) is 0 Å². The summed E-state index contributed by atoms with van der Waals surface area (Å²) >= 11 is 0. The van der Waals surface area contributed by atoms with Crippen molar-refractivity contribution in [2.75, 3.05) is 19.0 Å². The van der Waals surface area contributed by atoms with Crippen LogP contribution in [0, 0.1) is 0 Å². The summed E-state index contributed by atoms with van der Waals surface area (Å²) < 4.78 is 5.16. The van der Waals surface area contributed by atoms with Crippen LogP contribution in [-0.2, 0) is 4.74 Å². The fraction of sp³-hybridized carbons (Fsp3) is 0.385. The Morgan fingerprint density at radius 3 is 2.88 bits per heavy atom.